The van der Waals surface area contributed by atoms with Crippen molar-refractivity contribution in [3.63, 3.8) is 0 Å². The summed E-state index contributed by atoms with van der Waals surface area (Å²) in [5.41, 5.74) is 8.94. The van der Waals surface area contributed by atoms with Crippen LogP contribution in [0.3, 0.4) is 0 Å². The number of nitrogens with two attached hydrogens (primary N) is 1. The van der Waals surface area contributed by atoms with E-state index in [0.29, 0.717) is 13.1 Å². The lowest BCUT2D eigenvalue weighted by Gasteiger charge is -2.42. The van der Waals surface area contributed by atoms with Crippen molar-refractivity contribution in [2.75, 3.05) is 25.0 Å². The number of benzene rings is 2. The second-order valence-corrected chi connectivity index (χ2v) is 7.20. The predicted octanol–water partition coefficient (Wildman–Crippen LogP) is 3.11. The van der Waals surface area contributed by atoms with Crippen LogP contribution in [0.15, 0.2) is 54.6 Å². The maximum atomic E-state index is 12.1. The van der Waals surface area contributed by atoms with Crippen molar-refractivity contribution in [2.24, 2.45) is 5.73 Å². The summed E-state index contributed by atoms with van der Waals surface area (Å²) in [6.45, 7) is 5.06. The van der Waals surface area contributed by atoms with Crippen molar-refractivity contribution in [2.45, 2.75) is 31.8 Å². The highest BCUT2D eigenvalue weighted by Gasteiger charge is 2.35. The maximum Gasteiger partial charge on any atom is 0.315 e. The molecule has 2 aromatic rings. The Morgan fingerprint density at radius 3 is 2.54 bits per heavy atom. The fourth-order valence-electron chi connectivity index (χ4n) is 3.64. The van der Waals surface area contributed by atoms with Gasteiger partial charge in [-0.15, -0.1) is 0 Å². The molecule has 0 aliphatic carbocycles. The van der Waals surface area contributed by atoms with E-state index in [-0.39, 0.29) is 11.6 Å². The van der Waals surface area contributed by atoms with Gasteiger partial charge in [0.05, 0.1) is 5.54 Å². The number of primary amides is 1. The number of hydrogen-bond acceptors (Lipinski definition) is 3. The van der Waals surface area contributed by atoms with Crippen molar-refractivity contribution >= 4 is 11.7 Å². The summed E-state index contributed by atoms with van der Waals surface area (Å²) in [5, 5.41) is 7.13. The van der Waals surface area contributed by atoms with Gasteiger partial charge in [0.25, 0.3) is 0 Å². The molecule has 0 saturated carbocycles. The highest BCUT2D eigenvalue weighted by Crippen LogP contribution is 2.27. The Kier molecular flexibility index (Phi) is 5.78. The van der Waals surface area contributed by atoms with Crippen molar-refractivity contribution in [1.82, 2.24) is 10.2 Å². The molecule has 0 radical (unpaired) electrons. The van der Waals surface area contributed by atoms with Crippen molar-refractivity contribution in [1.29, 1.82) is 0 Å². The molecule has 0 spiro atoms. The van der Waals surface area contributed by atoms with Gasteiger partial charge in [-0.05, 0) is 56.1 Å². The SMILES string of the molecule is Cc1cccc(NC2(CN(Cc3ccccc3)C(N)=O)CCNCC2)c1. The standard InChI is InChI=1S/C21H28N4O/c1-17-6-5-9-19(14-17)24-21(10-12-23-13-11-21)16-25(20(22)26)15-18-7-3-2-4-8-18/h2-9,14,23-24H,10-13,15-16H2,1H3,(H2,22,26). The quantitative estimate of drug-likeness (QED) is 0.748. The predicted molar refractivity (Wildman–Crippen MR) is 106 cm³/mol. The Morgan fingerprint density at radius 1 is 1.15 bits per heavy atom. The molecule has 1 fully saturated rings. The number of hydrogen-bond donors (Lipinski definition) is 3. The van der Waals surface area contributed by atoms with Gasteiger partial charge in [-0.2, -0.15) is 0 Å². The fraction of sp³-hybridized carbons (Fsp3) is 0.381. The number of aryl methyl sites for hydroxylation is 1. The number of urea groups is 1. The Balaban J connectivity index is 1.80. The molecule has 1 heterocycles. The molecule has 138 valence electrons. The van der Waals surface area contributed by atoms with E-state index < -0.39 is 0 Å². The highest BCUT2D eigenvalue weighted by molar-refractivity contribution is 5.72. The van der Waals surface area contributed by atoms with E-state index in [9.17, 15) is 4.79 Å². The lowest BCUT2D eigenvalue weighted by molar-refractivity contribution is 0.179. The van der Waals surface area contributed by atoms with Crippen LogP contribution in [0.5, 0.6) is 0 Å². The minimum absolute atomic E-state index is 0.178. The molecule has 1 saturated heterocycles. The van der Waals surface area contributed by atoms with E-state index in [0.717, 1.165) is 37.2 Å². The van der Waals surface area contributed by atoms with Gasteiger partial charge in [0.15, 0.2) is 0 Å². The third kappa shape index (κ3) is 4.76. The first kappa shape index (κ1) is 18.3. The largest absolute Gasteiger partial charge is 0.378 e. The minimum atomic E-state index is -0.377. The Hall–Kier alpha value is -2.53. The summed E-state index contributed by atoms with van der Waals surface area (Å²) in [7, 11) is 0. The van der Waals surface area contributed by atoms with Crippen molar-refractivity contribution < 1.29 is 4.79 Å². The monoisotopic (exact) mass is 352 g/mol. The van der Waals surface area contributed by atoms with Crippen LogP contribution in [0.1, 0.15) is 24.0 Å². The Labute approximate surface area is 155 Å². The number of nitrogens with zero attached hydrogens (tertiary/aromatic N) is 1. The van der Waals surface area contributed by atoms with Gasteiger partial charge in [0.1, 0.15) is 0 Å². The average Bonchev–Trinajstić information content (AvgIpc) is 2.63. The van der Waals surface area contributed by atoms with Gasteiger partial charge in [-0.3, -0.25) is 0 Å². The zero-order valence-corrected chi connectivity index (χ0v) is 15.4. The highest BCUT2D eigenvalue weighted by atomic mass is 16.2. The molecule has 0 aromatic heterocycles. The summed E-state index contributed by atoms with van der Waals surface area (Å²) < 4.78 is 0. The van der Waals surface area contributed by atoms with Gasteiger partial charge in [-0.1, -0.05) is 42.5 Å². The molecule has 5 nitrogen and oxygen atoms in total. The van der Waals surface area contributed by atoms with E-state index in [1.807, 2.05) is 30.3 Å². The zero-order chi connectivity index (χ0) is 18.4. The molecule has 2 aromatic carbocycles. The van der Waals surface area contributed by atoms with Crippen LogP contribution >= 0.6 is 0 Å². The second-order valence-electron chi connectivity index (χ2n) is 7.20. The zero-order valence-electron chi connectivity index (χ0n) is 15.4. The summed E-state index contributed by atoms with van der Waals surface area (Å²) in [5.74, 6) is 0. The Morgan fingerprint density at radius 2 is 1.88 bits per heavy atom. The smallest absolute Gasteiger partial charge is 0.315 e. The number of carbonyl (C=O) groups excluding carboxylic acids is 1. The van der Waals surface area contributed by atoms with E-state index in [2.05, 4.69) is 41.8 Å². The number of nitrogens with one attached hydrogen (secondary N) is 2. The Bertz CT molecular complexity index is 726. The molecule has 3 rings (SSSR count). The van der Waals surface area contributed by atoms with E-state index in [1.165, 1.54) is 5.56 Å². The van der Waals surface area contributed by atoms with E-state index in [4.69, 9.17) is 5.73 Å². The van der Waals surface area contributed by atoms with Gasteiger partial charge < -0.3 is 21.3 Å². The second kappa shape index (κ2) is 8.23. The van der Waals surface area contributed by atoms with Gasteiger partial charge >= 0.3 is 6.03 Å². The van der Waals surface area contributed by atoms with E-state index >= 15 is 0 Å². The van der Waals surface area contributed by atoms with Crippen LogP contribution in [0.25, 0.3) is 0 Å². The molecule has 4 N–H and O–H groups in total. The van der Waals surface area contributed by atoms with Crippen molar-refractivity contribution in [3.8, 4) is 0 Å². The number of amides is 2. The van der Waals surface area contributed by atoms with Crippen LogP contribution in [-0.4, -0.2) is 36.1 Å². The first-order valence-electron chi connectivity index (χ1n) is 9.20. The minimum Gasteiger partial charge on any atom is -0.378 e. The van der Waals surface area contributed by atoms with Crippen LogP contribution in [0, 0.1) is 6.92 Å². The lowest BCUT2D eigenvalue weighted by atomic mass is 9.87. The van der Waals surface area contributed by atoms with Crippen LogP contribution in [-0.2, 0) is 6.54 Å². The summed E-state index contributed by atoms with van der Waals surface area (Å²) >= 11 is 0. The molecular formula is C21H28N4O. The maximum absolute atomic E-state index is 12.1. The summed E-state index contributed by atoms with van der Waals surface area (Å²) in [4.78, 5) is 13.9. The molecule has 1 aliphatic heterocycles. The normalized spacial score (nSPS) is 16.0. The third-order valence-corrected chi connectivity index (χ3v) is 5.01. The van der Waals surface area contributed by atoms with Gasteiger partial charge in [0.2, 0.25) is 0 Å². The van der Waals surface area contributed by atoms with E-state index in [1.54, 1.807) is 4.90 Å². The van der Waals surface area contributed by atoms with Crippen LogP contribution in [0.4, 0.5) is 10.5 Å². The van der Waals surface area contributed by atoms with Gasteiger partial charge in [0, 0.05) is 18.8 Å². The summed E-state index contributed by atoms with van der Waals surface area (Å²) in [6.07, 6.45) is 1.89. The third-order valence-electron chi connectivity index (χ3n) is 5.01. The number of piperidine rings is 1. The number of rotatable bonds is 6. The number of carbonyl (C=O) groups is 1. The van der Waals surface area contributed by atoms with Crippen LogP contribution < -0.4 is 16.4 Å². The van der Waals surface area contributed by atoms with Crippen LogP contribution in [0.2, 0.25) is 0 Å². The van der Waals surface area contributed by atoms with Gasteiger partial charge in [-0.25, -0.2) is 4.79 Å². The molecular weight excluding hydrogens is 324 g/mol. The first-order chi connectivity index (χ1) is 12.6. The lowest BCUT2D eigenvalue weighted by Crippen LogP contribution is -2.56. The molecule has 26 heavy (non-hydrogen) atoms. The molecule has 1 aliphatic rings. The number of anilines is 1. The van der Waals surface area contributed by atoms with Crippen molar-refractivity contribution in [3.05, 3.63) is 65.7 Å². The molecule has 2 amide bonds. The molecule has 0 atom stereocenters. The summed E-state index contributed by atoms with van der Waals surface area (Å²) in [6, 6.07) is 18.0. The molecule has 0 bridgehead atoms. The molecule has 0 unspecified atom stereocenters. The molecule has 5 heteroatoms. The topological polar surface area (TPSA) is 70.4 Å². The first-order valence-corrected chi connectivity index (χ1v) is 9.20. The average molecular weight is 352 g/mol. The fourth-order valence-corrected chi connectivity index (χ4v) is 3.64.